The summed E-state index contributed by atoms with van der Waals surface area (Å²) in [6.45, 7) is 7.09. The highest BCUT2D eigenvalue weighted by Gasteiger charge is 2.66. The number of pyridine rings is 1. The van der Waals surface area contributed by atoms with Crippen molar-refractivity contribution >= 4 is 28.0 Å². The molecule has 224 valence electrons. The van der Waals surface area contributed by atoms with Gasteiger partial charge in [0.05, 0.1) is 52.9 Å². The van der Waals surface area contributed by atoms with Crippen LogP contribution in [0.2, 0.25) is 0 Å². The van der Waals surface area contributed by atoms with Gasteiger partial charge in [-0.15, -0.1) is 5.10 Å². The number of nitrogens with one attached hydrogen (secondary N) is 3. The van der Waals surface area contributed by atoms with E-state index in [0.717, 1.165) is 15.6 Å². The summed E-state index contributed by atoms with van der Waals surface area (Å²) in [5.74, 6) is 0. The normalized spacial score (nSPS) is 16.4. The van der Waals surface area contributed by atoms with Gasteiger partial charge in [-0.05, 0) is 48.1 Å². The molecule has 3 heterocycles. The first-order valence-electron chi connectivity index (χ1n) is 14.2. The molecule has 2 aromatic heterocycles. The summed E-state index contributed by atoms with van der Waals surface area (Å²) in [7, 11) is 0. The number of alkyl halides is 3. The number of halogens is 3. The van der Waals surface area contributed by atoms with E-state index in [0.29, 0.717) is 45.8 Å². The van der Waals surface area contributed by atoms with E-state index in [4.69, 9.17) is 0 Å². The number of aromatic nitrogens is 4. The van der Waals surface area contributed by atoms with E-state index in [9.17, 15) is 23.7 Å². The van der Waals surface area contributed by atoms with Crippen LogP contribution in [0, 0.1) is 28.1 Å². The molecule has 0 bridgehead atoms. The molecule has 3 N–H and O–H groups in total. The zero-order valence-electron chi connectivity index (χ0n) is 24.4. The van der Waals surface area contributed by atoms with Crippen molar-refractivity contribution in [3.05, 3.63) is 82.8 Å². The molecular weight excluding hydrogens is 567 g/mol. The Morgan fingerprint density at radius 3 is 2.57 bits per heavy atom. The number of fused-ring (bicyclic) bond motifs is 2. The lowest BCUT2D eigenvalue weighted by atomic mass is 9.93. The van der Waals surface area contributed by atoms with Crippen LogP contribution in [0.5, 0.6) is 0 Å². The van der Waals surface area contributed by atoms with Crippen LogP contribution in [0.3, 0.4) is 0 Å². The van der Waals surface area contributed by atoms with E-state index in [1.807, 2.05) is 30.3 Å². The molecule has 1 saturated carbocycles. The molecule has 6 rings (SSSR count). The molecule has 9 nitrogen and oxygen atoms in total. The van der Waals surface area contributed by atoms with Crippen molar-refractivity contribution in [1.29, 1.82) is 10.5 Å². The second kappa shape index (κ2) is 10.6. The summed E-state index contributed by atoms with van der Waals surface area (Å²) in [6, 6.07) is 16.5. The van der Waals surface area contributed by atoms with Crippen molar-refractivity contribution in [3.8, 4) is 12.1 Å². The van der Waals surface area contributed by atoms with Crippen LogP contribution in [-0.2, 0) is 5.54 Å². The van der Waals surface area contributed by atoms with Gasteiger partial charge in [-0.2, -0.15) is 23.7 Å². The van der Waals surface area contributed by atoms with Crippen LogP contribution in [0.25, 0.3) is 16.6 Å². The summed E-state index contributed by atoms with van der Waals surface area (Å²) in [6.07, 6.45) is -1.55. The second-order valence-corrected chi connectivity index (χ2v) is 12.4. The van der Waals surface area contributed by atoms with Crippen molar-refractivity contribution < 1.29 is 13.2 Å². The zero-order valence-corrected chi connectivity index (χ0v) is 24.4. The minimum absolute atomic E-state index is 0.0587. The fraction of sp³-hybridized carbons (Fsp3) is 0.344. The first-order chi connectivity index (χ1) is 20.9. The van der Waals surface area contributed by atoms with Crippen LogP contribution in [0.1, 0.15) is 62.0 Å². The summed E-state index contributed by atoms with van der Waals surface area (Å²) < 4.78 is 42.8. The molecule has 0 unspecified atom stereocenters. The molecule has 2 aliphatic rings. The molecule has 4 aromatic rings. The van der Waals surface area contributed by atoms with E-state index in [2.05, 4.69) is 64.2 Å². The molecular formula is C32H30F3N9. The zero-order chi connectivity index (χ0) is 31.3. The minimum atomic E-state index is -4.46. The van der Waals surface area contributed by atoms with Gasteiger partial charge in [0, 0.05) is 29.4 Å². The Bertz CT molecular complexity index is 1860. The van der Waals surface area contributed by atoms with E-state index in [1.54, 1.807) is 18.3 Å². The average molecular weight is 598 g/mol. The van der Waals surface area contributed by atoms with E-state index < -0.39 is 17.8 Å². The molecule has 0 amide bonds. The Morgan fingerprint density at radius 2 is 1.89 bits per heavy atom. The number of nitriles is 2. The van der Waals surface area contributed by atoms with Crippen LogP contribution < -0.4 is 16.0 Å². The van der Waals surface area contributed by atoms with Crippen molar-refractivity contribution in [2.45, 2.75) is 51.4 Å². The summed E-state index contributed by atoms with van der Waals surface area (Å²) in [4.78, 5) is 4.45. The highest BCUT2D eigenvalue weighted by atomic mass is 19.4. The Balaban J connectivity index is 1.48. The number of anilines is 2. The first kappa shape index (κ1) is 29.0. The number of hydrogen-bond donors (Lipinski definition) is 3. The molecule has 1 aliphatic heterocycles. The van der Waals surface area contributed by atoms with Crippen LogP contribution in [0.4, 0.5) is 24.5 Å². The maximum atomic E-state index is 14.0. The lowest BCUT2D eigenvalue weighted by Crippen LogP contribution is -2.35. The van der Waals surface area contributed by atoms with Gasteiger partial charge in [0.1, 0.15) is 11.8 Å². The van der Waals surface area contributed by atoms with Crippen LogP contribution in [-0.4, -0.2) is 39.2 Å². The second-order valence-electron chi connectivity index (χ2n) is 12.4. The van der Waals surface area contributed by atoms with Crippen molar-refractivity contribution in [3.63, 3.8) is 0 Å². The topological polar surface area (TPSA) is 127 Å². The largest absolute Gasteiger partial charge is 0.413 e. The quantitative estimate of drug-likeness (QED) is 0.228. The van der Waals surface area contributed by atoms with Gasteiger partial charge in [-0.3, -0.25) is 4.98 Å². The molecule has 44 heavy (non-hydrogen) atoms. The third-order valence-electron chi connectivity index (χ3n) is 8.00. The van der Waals surface area contributed by atoms with Gasteiger partial charge in [-0.1, -0.05) is 44.2 Å². The molecule has 2 aromatic carbocycles. The number of nitrogens with zero attached hydrogens (tertiary/aromatic N) is 6. The van der Waals surface area contributed by atoms with Gasteiger partial charge < -0.3 is 16.0 Å². The average Bonchev–Trinajstić information content (AvgIpc) is 3.68. The predicted molar refractivity (Wildman–Crippen MR) is 160 cm³/mol. The Morgan fingerprint density at radius 1 is 1.09 bits per heavy atom. The van der Waals surface area contributed by atoms with Gasteiger partial charge in [0.2, 0.25) is 0 Å². The van der Waals surface area contributed by atoms with E-state index >= 15 is 0 Å². The molecule has 12 heteroatoms. The van der Waals surface area contributed by atoms with Gasteiger partial charge in [-0.25, -0.2) is 4.68 Å². The SMILES string of the molecule is CC(C)(C)CNC1=C(C#N)CNc2c(C#N)cc(N[C@H](c3cn(C4(C(F)(F)F)CC4)nn3)c3cccc4ncccc34)cc21. The van der Waals surface area contributed by atoms with Crippen molar-refractivity contribution in [1.82, 2.24) is 25.3 Å². The lowest BCUT2D eigenvalue weighted by molar-refractivity contribution is -0.182. The van der Waals surface area contributed by atoms with Gasteiger partial charge in [0.25, 0.3) is 0 Å². The van der Waals surface area contributed by atoms with Gasteiger partial charge >= 0.3 is 6.18 Å². The summed E-state index contributed by atoms with van der Waals surface area (Å²) >= 11 is 0. The fourth-order valence-electron chi connectivity index (χ4n) is 5.52. The number of rotatable bonds is 7. The minimum Gasteiger partial charge on any atom is -0.383 e. The van der Waals surface area contributed by atoms with Crippen LogP contribution >= 0.6 is 0 Å². The van der Waals surface area contributed by atoms with E-state index in [1.165, 1.54) is 6.20 Å². The van der Waals surface area contributed by atoms with Gasteiger partial charge in [0.15, 0.2) is 5.54 Å². The molecule has 1 aliphatic carbocycles. The molecule has 0 spiro atoms. The first-order valence-corrected chi connectivity index (χ1v) is 14.2. The standard InChI is InChI=1S/C32H30F3N9/c1-30(2,3)18-40-28-20(15-37)16-39-27-19(14-36)12-21(13-24(27)28)41-29(23-6-4-8-25-22(23)7-5-11-38-25)26-17-44(43-42-26)31(9-10-31)32(33,34)35/h4-8,11-13,17,29,39-41H,9-10,16,18H2,1-3H3/t29-/m0/s1. The Hall–Kier alpha value is -5.10. The van der Waals surface area contributed by atoms with Crippen molar-refractivity contribution in [2.24, 2.45) is 5.41 Å². The number of benzene rings is 2. The number of hydrogen-bond acceptors (Lipinski definition) is 8. The monoisotopic (exact) mass is 597 g/mol. The molecule has 0 saturated heterocycles. The summed E-state index contributed by atoms with van der Waals surface area (Å²) in [5.41, 5.74) is 2.85. The maximum absolute atomic E-state index is 14.0. The smallest absolute Gasteiger partial charge is 0.383 e. The molecule has 0 radical (unpaired) electrons. The highest BCUT2D eigenvalue weighted by Crippen LogP contribution is 2.55. The highest BCUT2D eigenvalue weighted by molar-refractivity contribution is 5.88. The van der Waals surface area contributed by atoms with Crippen LogP contribution in [0.15, 0.2) is 60.4 Å². The van der Waals surface area contributed by atoms with Crippen molar-refractivity contribution in [2.75, 3.05) is 23.7 Å². The Labute approximate surface area is 252 Å². The third kappa shape index (κ3) is 5.17. The van der Waals surface area contributed by atoms with E-state index in [-0.39, 0.29) is 30.5 Å². The third-order valence-corrected chi connectivity index (χ3v) is 8.00. The maximum Gasteiger partial charge on any atom is 0.413 e. The predicted octanol–water partition coefficient (Wildman–Crippen LogP) is 6.25. The molecule has 1 fully saturated rings. The molecule has 1 atom stereocenters. The fourth-order valence-corrected chi connectivity index (χ4v) is 5.52. The lowest BCUT2D eigenvalue weighted by Gasteiger charge is -2.28. The Kier molecular flexibility index (Phi) is 6.96. The summed E-state index contributed by atoms with van der Waals surface area (Å²) in [5, 5.41) is 39.1.